The van der Waals surface area contributed by atoms with Gasteiger partial charge in [-0.05, 0) is 43.5 Å². The number of nitrogens with one attached hydrogen (secondary N) is 1. The molecule has 8 nitrogen and oxygen atoms in total. The van der Waals surface area contributed by atoms with E-state index >= 15 is 0 Å². The Balaban J connectivity index is 0.000000532. The maximum absolute atomic E-state index is 13.3. The molecule has 2 aromatic carbocycles. The first-order chi connectivity index (χ1) is 18.5. The van der Waals surface area contributed by atoms with Gasteiger partial charge in [0.15, 0.2) is 0 Å². The fourth-order valence-electron chi connectivity index (χ4n) is 4.38. The lowest BCUT2D eigenvalue weighted by Gasteiger charge is -2.32. The van der Waals surface area contributed by atoms with Crippen LogP contribution >= 0.6 is 11.6 Å². The van der Waals surface area contributed by atoms with Crippen LogP contribution in [0.5, 0.6) is 0 Å². The standard InChI is InChI=1S/C25H29ClN4O2.C2HF3O2/c1-2-27-24(31)13-16-29-14-11-20(12-15-29)30-25(32)22-6-4-3-5-21(22)23(28-30)17-18-7-9-19(26)10-8-18;3-2(4,5)1(6)7/h3-10,20H,2,11-17H2,1H3,(H,27,31);(H,6,7). The number of halogens is 4. The molecule has 39 heavy (non-hydrogen) atoms. The molecule has 1 amide bonds. The minimum Gasteiger partial charge on any atom is -0.475 e. The van der Waals surface area contributed by atoms with Crippen LogP contribution in [0.15, 0.2) is 53.3 Å². The predicted octanol–water partition coefficient (Wildman–Crippen LogP) is 4.44. The molecule has 0 atom stereocenters. The molecular formula is C27H30ClF3N4O4. The van der Waals surface area contributed by atoms with Crippen molar-refractivity contribution in [1.29, 1.82) is 0 Å². The van der Waals surface area contributed by atoms with Crippen LogP contribution < -0.4 is 10.9 Å². The summed E-state index contributed by atoms with van der Waals surface area (Å²) >= 11 is 6.04. The highest BCUT2D eigenvalue weighted by molar-refractivity contribution is 6.30. The van der Waals surface area contributed by atoms with Crippen molar-refractivity contribution in [3.8, 4) is 0 Å². The number of hydrogen-bond acceptors (Lipinski definition) is 5. The van der Waals surface area contributed by atoms with Crippen molar-refractivity contribution in [2.24, 2.45) is 0 Å². The van der Waals surface area contributed by atoms with Gasteiger partial charge in [0.2, 0.25) is 5.91 Å². The first kappa shape index (κ1) is 30.1. The van der Waals surface area contributed by atoms with Crippen LogP contribution in [0, 0.1) is 0 Å². The van der Waals surface area contributed by atoms with E-state index in [2.05, 4.69) is 10.2 Å². The molecular weight excluding hydrogens is 537 g/mol. The van der Waals surface area contributed by atoms with Crippen molar-refractivity contribution >= 4 is 34.2 Å². The Bertz CT molecular complexity index is 1340. The lowest BCUT2D eigenvalue weighted by atomic mass is 10.0. The van der Waals surface area contributed by atoms with Gasteiger partial charge >= 0.3 is 12.1 Å². The quantitative estimate of drug-likeness (QED) is 0.438. The van der Waals surface area contributed by atoms with Gasteiger partial charge in [-0.1, -0.05) is 41.9 Å². The zero-order valence-corrected chi connectivity index (χ0v) is 22.1. The van der Waals surface area contributed by atoms with Crippen LogP contribution in [-0.2, 0) is 16.0 Å². The number of aromatic nitrogens is 2. The number of hydrogen-bond donors (Lipinski definition) is 2. The monoisotopic (exact) mass is 566 g/mol. The predicted molar refractivity (Wildman–Crippen MR) is 142 cm³/mol. The summed E-state index contributed by atoms with van der Waals surface area (Å²) in [5.41, 5.74) is 1.99. The summed E-state index contributed by atoms with van der Waals surface area (Å²) in [5, 5.41) is 17.1. The van der Waals surface area contributed by atoms with Crippen LogP contribution in [0.3, 0.4) is 0 Å². The Labute approximate surface area is 228 Å². The average Bonchev–Trinajstić information content (AvgIpc) is 2.91. The number of nitrogens with zero attached hydrogens (tertiary/aromatic N) is 3. The lowest BCUT2D eigenvalue weighted by molar-refractivity contribution is -0.192. The normalized spacial score (nSPS) is 14.5. The molecule has 0 unspecified atom stereocenters. The van der Waals surface area contributed by atoms with Crippen LogP contribution in [0.25, 0.3) is 10.8 Å². The van der Waals surface area contributed by atoms with Gasteiger partial charge in [0.1, 0.15) is 0 Å². The summed E-state index contributed by atoms with van der Waals surface area (Å²) < 4.78 is 33.4. The Morgan fingerprint density at radius 2 is 1.67 bits per heavy atom. The largest absolute Gasteiger partial charge is 0.490 e. The fourth-order valence-corrected chi connectivity index (χ4v) is 4.51. The molecule has 1 aliphatic rings. The van der Waals surface area contributed by atoms with Gasteiger partial charge in [-0.15, -0.1) is 0 Å². The zero-order valence-electron chi connectivity index (χ0n) is 21.4. The number of amides is 1. The van der Waals surface area contributed by atoms with Crippen LogP contribution in [0.4, 0.5) is 13.2 Å². The van der Waals surface area contributed by atoms with Crippen LogP contribution in [0.1, 0.15) is 43.5 Å². The first-order valence-corrected chi connectivity index (χ1v) is 12.9. The molecule has 1 aliphatic heterocycles. The van der Waals surface area contributed by atoms with Gasteiger partial charge in [-0.2, -0.15) is 18.3 Å². The molecule has 0 bridgehead atoms. The second-order valence-corrected chi connectivity index (χ2v) is 9.56. The van der Waals surface area contributed by atoms with E-state index in [9.17, 15) is 22.8 Å². The van der Waals surface area contributed by atoms with E-state index in [1.165, 1.54) is 0 Å². The van der Waals surface area contributed by atoms with Crippen LogP contribution in [-0.4, -0.2) is 64.0 Å². The molecule has 0 radical (unpaired) electrons. The molecule has 3 aromatic rings. The van der Waals surface area contributed by atoms with E-state index < -0.39 is 12.1 Å². The van der Waals surface area contributed by atoms with Crippen molar-refractivity contribution in [2.45, 2.75) is 44.8 Å². The molecule has 210 valence electrons. The van der Waals surface area contributed by atoms with Gasteiger partial charge in [0.05, 0.1) is 17.1 Å². The van der Waals surface area contributed by atoms with Crippen molar-refractivity contribution in [1.82, 2.24) is 20.0 Å². The number of alkyl halides is 3. The number of carboxylic acid groups (broad SMARTS) is 1. The molecule has 0 aliphatic carbocycles. The Morgan fingerprint density at radius 1 is 1.08 bits per heavy atom. The maximum Gasteiger partial charge on any atom is 0.490 e. The molecule has 1 fully saturated rings. The Hall–Kier alpha value is -3.44. The van der Waals surface area contributed by atoms with Crippen molar-refractivity contribution in [2.75, 3.05) is 26.2 Å². The van der Waals surface area contributed by atoms with Gasteiger partial charge in [0.25, 0.3) is 5.56 Å². The number of benzene rings is 2. The number of carbonyl (C=O) groups is 2. The number of rotatable bonds is 7. The fraction of sp³-hybridized carbons (Fsp3) is 0.407. The van der Waals surface area contributed by atoms with E-state index in [-0.39, 0.29) is 17.5 Å². The highest BCUT2D eigenvalue weighted by Crippen LogP contribution is 2.24. The second kappa shape index (κ2) is 13.6. The molecule has 1 aromatic heterocycles. The molecule has 2 N–H and O–H groups in total. The van der Waals surface area contributed by atoms with Crippen molar-refractivity contribution < 1.29 is 27.9 Å². The SMILES string of the molecule is CCNC(=O)CCN1CCC(n2nc(Cc3ccc(Cl)cc3)c3ccccc3c2=O)CC1.O=C(O)C(F)(F)F. The molecule has 12 heteroatoms. The minimum absolute atomic E-state index is 0.0266. The first-order valence-electron chi connectivity index (χ1n) is 12.5. The second-order valence-electron chi connectivity index (χ2n) is 9.12. The van der Waals surface area contributed by atoms with E-state index in [0.717, 1.165) is 49.1 Å². The van der Waals surface area contributed by atoms with Gasteiger partial charge < -0.3 is 15.3 Å². The van der Waals surface area contributed by atoms with E-state index in [0.29, 0.717) is 29.8 Å². The topological polar surface area (TPSA) is 105 Å². The Morgan fingerprint density at radius 3 is 2.23 bits per heavy atom. The number of aliphatic carboxylic acids is 1. The number of piperidine rings is 1. The lowest BCUT2D eigenvalue weighted by Crippen LogP contribution is -2.40. The number of carboxylic acids is 1. The number of carbonyl (C=O) groups excluding carboxylic acids is 1. The molecule has 0 saturated carbocycles. The summed E-state index contributed by atoms with van der Waals surface area (Å²) in [6.07, 6.45) is -2.23. The summed E-state index contributed by atoms with van der Waals surface area (Å²) in [5.74, 6) is -2.67. The average molecular weight is 567 g/mol. The zero-order chi connectivity index (χ0) is 28.6. The van der Waals surface area contributed by atoms with Gasteiger partial charge in [-0.3, -0.25) is 9.59 Å². The summed E-state index contributed by atoms with van der Waals surface area (Å²) in [6, 6.07) is 15.6. The molecule has 0 spiro atoms. The third-order valence-corrected chi connectivity index (χ3v) is 6.62. The third-order valence-electron chi connectivity index (χ3n) is 6.36. The summed E-state index contributed by atoms with van der Waals surface area (Å²) in [6.45, 7) is 5.06. The number of fused-ring (bicyclic) bond motifs is 1. The van der Waals surface area contributed by atoms with E-state index in [1.54, 1.807) is 4.68 Å². The smallest absolute Gasteiger partial charge is 0.475 e. The van der Waals surface area contributed by atoms with Crippen molar-refractivity contribution in [3.63, 3.8) is 0 Å². The third kappa shape index (κ3) is 8.52. The molecule has 2 heterocycles. The van der Waals surface area contributed by atoms with E-state index in [4.69, 9.17) is 26.6 Å². The van der Waals surface area contributed by atoms with E-state index in [1.807, 2.05) is 55.5 Å². The molecule has 1 saturated heterocycles. The summed E-state index contributed by atoms with van der Waals surface area (Å²) in [4.78, 5) is 36.2. The highest BCUT2D eigenvalue weighted by atomic mass is 35.5. The summed E-state index contributed by atoms with van der Waals surface area (Å²) in [7, 11) is 0. The van der Waals surface area contributed by atoms with Gasteiger partial charge in [-0.25, -0.2) is 9.48 Å². The van der Waals surface area contributed by atoms with Crippen molar-refractivity contribution in [3.05, 3.63) is 75.2 Å². The number of likely N-dealkylation sites (tertiary alicyclic amines) is 1. The molecule has 4 rings (SSSR count). The maximum atomic E-state index is 13.3. The highest BCUT2D eigenvalue weighted by Gasteiger charge is 2.38. The van der Waals surface area contributed by atoms with Crippen LogP contribution in [0.2, 0.25) is 5.02 Å². The minimum atomic E-state index is -5.08. The van der Waals surface area contributed by atoms with Gasteiger partial charge in [0, 0.05) is 49.4 Å². The Kier molecular flexibility index (Phi) is 10.5.